The lowest BCUT2D eigenvalue weighted by molar-refractivity contribution is -0.141. The zero-order chi connectivity index (χ0) is 23.5. The Balaban J connectivity index is 1.90. The molecule has 0 saturated carbocycles. The van der Waals surface area contributed by atoms with E-state index in [1.54, 1.807) is 24.1 Å². The molecule has 172 valence electrons. The third-order valence-electron chi connectivity index (χ3n) is 5.34. The molecule has 5 nitrogen and oxygen atoms in total. The van der Waals surface area contributed by atoms with Crippen molar-refractivity contribution < 1.29 is 18.7 Å². The number of rotatable bonds is 11. The summed E-state index contributed by atoms with van der Waals surface area (Å²) in [5.74, 6) is -0.787. The molecule has 0 spiro atoms. The highest BCUT2D eigenvalue weighted by molar-refractivity contribution is 5.88. The monoisotopic (exact) mass is 448 g/mol. The van der Waals surface area contributed by atoms with Crippen molar-refractivity contribution in [2.45, 2.75) is 25.4 Å². The van der Waals surface area contributed by atoms with Crippen LogP contribution in [0.3, 0.4) is 0 Å². The Labute approximate surface area is 194 Å². The van der Waals surface area contributed by atoms with Crippen LogP contribution in [0.2, 0.25) is 0 Å². The van der Waals surface area contributed by atoms with Gasteiger partial charge >= 0.3 is 0 Å². The van der Waals surface area contributed by atoms with Gasteiger partial charge in [-0.2, -0.15) is 0 Å². The van der Waals surface area contributed by atoms with Gasteiger partial charge in [-0.05, 0) is 35.2 Å². The Hall–Kier alpha value is -3.51. The summed E-state index contributed by atoms with van der Waals surface area (Å²) in [4.78, 5) is 28.3. The third-order valence-corrected chi connectivity index (χ3v) is 5.34. The Kier molecular flexibility index (Phi) is 9.15. The molecule has 0 fully saturated rings. The van der Waals surface area contributed by atoms with E-state index in [4.69, 9.17) is 4.74 Å². The van der Waals surface area contributed by atoms with Crippen LogP contribution >= 0.6 is 0 Å². The topological polar surface area (TPSA) is 58.6 Å². The SMILES string of the molecule is COCCNC(=O)[C@@H](c1ccccc1)N(Cc1ccc(F)cc1)C(=O)CCc1ccccc1. The number of ether oxygens (including phenoxy) is 1. The van der Waals surface area contributed by atoms with Gasteiger partial charge in [0.05, 0.1) is 6.61 Å². The summed E-state index contributed by atoms with van der Waals surface area (Å²) in [5.41, 5.74) is 2.51. The third kappa shape index (κ3) is 7.26. The van der Waals surface area contributed by atoms with Crippen molar-refractivity contribution in [3.8, 4) is 0 Å². The maximum Gasteiger partial charge on any atom is 0.247 e. The van der Waals surface area contributed by atoms with Crippen molar-refractivity contribution in [1.82, 2.24) is 10.2 Å². The highest BCUT2D eigenvalue weighted by Crippen LogP contribution is 2.25. The molecule has 33 heavy (non-hydrogen) atoms. The van der Waals surface area contributed by atoms with E-state index in [1.807, 2.05) is 60.7 Å². The number of benzene rings is 3. The number of hydrogen-bond acceptors (Lipinski definition) is 3. The number of nitrogens with one attached hydrogen (secondary N) is 1. The summed E-state index contributed by atoms with van der Waals surface area (Å²) < 4.78 is 18.5. The number of methoxy groups -OCH3 is 1. The van der Waals surface area contributed by atoms with Crippen LogP contribution in [0.5, 0.6) is 0 Å². The molecule has 0 aliphatic carbocycles. The zero-order valence-electron chi connectivity index (χ0n) is 18.7. The normalized spacial score (nSPS) is 11.6. The second-order valence-corrected chi connectivity index (χ2v) is 7.73. The van der Waals surface area contributed by atoms with Crippen LogP contribution in [-0.2, 0) is 27.3 Å². The van der Waals surface area contributed by atoms with Crippen LogP contribution in [0.4, 0.5) is 4.39 Å². The Morgan fingerprint density at radius 3 is 2.18 bits per heavy atom. The second-order valence-electron chi connectivity index (χ2n) is 7.73. The average Bonchev–Trinajstić information content (AvgIpc) is 2.85. The predicted molar refractivity (Wildman–Crippen MR) is 126 cm³/mol. The lowest BCUT2D eigenvalue weighted by Crippen LogP contribution is -2.44. The lowest BCUT2D eigenvalue weighted by Gasteiger charge is -2.32. The molecular weight excluding hydrogens is 419 g/mol. The lowest BCUT2D eigenvalue weighted by atomic mass is 10.0. The molecule has 0 aliphatic rings. The van der Waals surface area contributed by atoms with Crippen LogP contribution in [-0.4, -0.2) is 37.0 Å². The maximum atomic E-state index is 13.5. The number of carbonyl (C=O) groups excluding carboxylic acids is 2. The van der Waals surface area contributed by atoms with Gasteiger partial charge in [-0.15, -0.1) is 0 Å². The standard InChI is InChI=1S/C27H29FN2O3/c1-33-19-18-29-27(32)26(23-10-6-3-7-11-23)30(20-22-12-15-24(28)16-13-22)25(31)17-14-21-8-4-2-5-9-21/h2-13,15-16,26H,14,17-20H2,1H3,(H,29,32)/t26-/m1/s1. The smallest absolute Gasteiger partial charge is 0.247 e. The fraction of sp³-hybridized carbons (Fsp3) is 0.259. The van der Waals surface area contributed by atoms with E-state index in [9.17, 15) is 14.0 Å². The molecule has 0 bridgehead atoms. The summed E-state index contributed by atoms with van der Waals surface area (Å²) in [7, 11) is 1.56. The number of halogens is 1. The molecule has 1 N–H and O–H groups in total. The number of carbonyl (C=O) groups is 2. The minimum atomic E-state index is -0.823. The Morgan fingerprint density at radius 1 is 0.909 bits per heavy atom. The summed E-state index contributed by atoms with van der Waals surface area (Å²) in [5, 5.41) is 2.87. The molecule has 0 heterocycles. The van der Waals surface area contributed by atoms with Gasteiger partial charge in [-0.1, -0.05) is 72.8 Å². The first kappa shape index (κ1) is 24.1. The van der Waals surface area contributed by atoms with Gasteiger partial charge < -0.3 is 15.0 Å². The molecule has 3 rings (SSSR count). The molecule has 2 amide bonds. The summed E-state index contributed by atoms with van der Waals surface area (Å²) >= 11 is 0. The van der Waals surface area contributed by atoms with Gasteiger partial charge in [0.1, 0.15) is 11.9 Å². The Morgan fingerprint density at radius 2 is 1.55 bits per heavy atom. The fourth-order valence-electron chi connectivity index (χ4n) is 3.63. The minimum absolute atomic E-state index is 0.154. The molecule has 0 aromatic heterocycles. The predicted octanol–water partition coefficient (Wildman–Crippen LogP) is 4.29. The van der Waals surface area contributed by atoms with E-state index >= 15 is 0 Å². The minimum Gasteiger partial charge on any atom is -0.383 e. The van der Waals surface area contributed by atoms with Gasteiger partial charge in [0.25, 0.3) is 0 Å². The number of hydrogen-bond donors (Lipinski definition) is 1. The average molecular weight is 449 g/mol. The van der Waals surface area contributed by atoms with Crippen LogP contribution < -0.4 is 5.32 Å². The Bertz CT molecular complexity index is 1010. The van der Waals surface area contributed by atoms with Crippen LogP contribution in [0.1, 0.15) is 29.2 Å². The van der Waals surface area contributed by atoms with E-state index in [0.29, 0.717) is 25.1 Å². The van der Waals surface area contributed by atoms with Crippen LogP contribution in [0, 0.1) is 5.82 Å². The van der Waals surface area contributed by atoms with E-state index in [-0.39, 0.29) is 30.6 Å². The second kappa shape index (κ2) is 12.5. The highest BCUT2D eigenvalue weighted by Gasteiger charge is 2.31. The van der Waals surface area contributed by atoms with Crippen molar-refractivity contribution in [1.29, 1.82) is 0 Å². The quantitative estimate of drug-likeness (QED) is 0.445. The van der Waals surface area contributed by atoms with Crippen molar-refractivity contribution in [3.05, 3.63) is 107 Å². The molecular formula is C27H29FN2O3. The molecule has 1 atom stereocenters. The molecule has 0 radical (unpaired) electrons. The first-order valence-corrected chi connectivity index (χ1v) is 11.0. The molecule has 3 aromatic carbocycles. The number of nitrogens with zero attached hydrogens (tertiary/aromatic N) is 1. The van der Waals surface area contributed by atoms with Gasteiger partial charge in [0.2, 0.25) is 11.8 Å². The van der Waals surface area contributed by atoms with Crippen LogP contribution in [0.15, 0.2) is 84.9 Å². The van der Waals surface area contributed by atoms with Crippen molar-refractivity contribution in [2.24, 2.45) is 0 Å². The first-order chi connectivity index (χ1) is 16.1. The van der Waals surface area contributed by atoms with E-state index < -0.39 is 6.04 Å². The van der Waals surface area contributed by atoms with E-state index in [1.165, 1.54) is 12.1 Å². The van der Waals surface area contributed by atoms with Gasteiger partial charge in [-0.3, -0.25) is 9.59 Å². The maximum absolute atomic E-state index is 13.5. The van der Waals surface area contributed by atoms with Crippen molar-refractivity contribution in [2.75, 3.05) is 20.3 Å². The number of aryl methyl sites for hydroxylation is 1. The summed E-state index contributed by atoms with van der Waals surface area (Å²) in [6, 6.07) is 24.1. The van der Waals surface area contributed by atoms with Gasteiger partial charge in [-0.25, -0.2) is 4.39 Å². The molecule has 0 saturated heterocycles. The van der Waals surface area contributed by atoms with Gasteiger partial charge in [0, 0.05) is 26.6 Å². The molecule has 6 heteroatoms. The molecule has 3 aromatic rings. The number of amides is 2. The highest BCUT2D eigenvalue weighted by atomic mass is 19.1. The van der Waals surface area contributed by atoms with Gasteiger partial charge in [0.15, 0.2) is 0 Å². The van der Waals surface area contributed by atoms with Crippen molar-refractivity contribution in [3.63, 3.8) is 0 Å². The van der Waals surface area contributed by atoms with Crippen LogP contribution in [0.25, 0.3) is 0 Å². The summed E-state index contributed by atoms with van der Waals surface area (Å²) in [6.07, 6.45) is 0.812. The fourth-order valence-corrected chi connectivity index (χ4v) is 3.63. The molecule has 0 unspecified atom stereocenters. The van der Waals surface area contributed by atoms with E-state index in [2.05, 4.69) is 5.32 Å². The van der Waals surface area contributed by atoms with E-state index in [0.717, 1.165) is 11.1 Å². The summed E-state index contributed by atoms with van der Waals surface area (Å²) in [6.45, 7) is 0.888. The molecule has 0 aliphatic heterocycles. The first-order valence-electron chi connectivity index (χ1n) is 11.0. The van der Waals surface area contributed by atoms with Crippen molar-refractivity contribution >= 4 is 11.8 Å². The largest absolute Gasteiger partial charge is 0.383 e. The zero-order valence-corrected chi connectivity index (χ0v) is 18.7.